The summed E-state index contributed by atoms with van der Waals surface area (Å²) in [5.74, 6) is -1.26. The van der Waals surface area contributed by atoms with Crippen LogP contribution in [0, 0.1) is 12.8 Å². The number of nitrogens with zero attached hydrogens (tertiary/aromatic N) is 2. The van der Waals surface area contributed by atoms with Crippen LogP contribution in [-0.2, 0) is 11.3 Å². The molecule has 2 rings (SSSR count). The number of carbonyl (C=O) groups excluding carboxylic acids is 1. The number of hydrogen-bond acceptors (Lipinski definition) is 4. The number of carboxylic acid groups (broad SMARTS) is 1. The summed E-state index contributed by atoms with van der Waals surface area (Å²) in [5.41, 5.74) is 0. The summed E-state index contributed by atoms with van der Waals surface area (Å²) in [6.45, 7) is 2.93. The average Bonchev–Trinajstić information content (AvgIpc) is 2.58. The molecule has 92 valence electrons. The number of amides is 2. The molecule has 0 atom stereocenters. The highest BCUT2D eigenvalue weighted by Gasteiger charge is 2.35. The van der Waals surface area contributed by atoms with E-state index in [0.717, 1.165) is 9.88 Å². The lowest BCUT2D eigenvalue weighted by Gasteiger charge is -2.36. The maximum atomic E-state index is 11.6. The molecular weight excluding hydrogens is 242 g/mol. The summed E-state index contributed by atoms with van der Waals surface area (Å²) in [4.78, 5) is 28.8. The molecule has 2 amide bonds. The van der Waals surface area contributed by atoms with E-state index >= 15 is 0 Å². The molecule has 2 N–H and O–H groups in total. The van der Waals surface area contributed by atoms with Gasteiger partial charge < -0.3 is 15.3 Å². The van der Waals surface area contributed by atoms with Crippen molar-refractivity contribution in [3.8, 4) is 0 Å². The Labute approximate surface area is 102 Å². The van der Waals surface area contributed by atoms with Gasteiger partial charge in [0.15, 0.2) is 0 Å². The van der Waals surface area contributed by atoms with Crippen LogP contribution in [0.1, 0.15) is 9.88 Å². The molecule has 1 aromatic rings. The van der Waals surface area contributed by atoms with Crippen LogP contribution in [0.5, 0.6) is 0 Å². The molecule has 0 spiro atoms. The van der Waals surface area contributed by atoms with Gasteiger partial charge in [0.25, 0.3) is 0 Å². The van der Waals surface area contributed by atoms with Crippen LogP contribution in [0.3, 0.4) is 0 Å². The first-order valence-electron chi connectivity index (χ1n) is 5.23. The van der Waals surface area contributed by atoms with E-state index in [-0.39, 0.29) is 19.1 Å². The number of aryl methyl sites for hydroxylation is 1. The Morgan fingerprint density at radius 2 is 2.35 bits per heavy atom. The number of rotatable bonds is 3. The van der Waals surface area contributed by atoms with E-state index in [4.69, 9.17) is 5.11 Å². The Morgan fingerprint density at radius 1 is 1.65 bits per heavy atom. The normalized spacial score (nSPS) is 15.5. The summed E-state index contributed by atoms with van der Waals surface area (Å²) in [7, 11) is 0. The molecule has 0 aromatic carbocycles. The Kier molecular flexibility index (Phi) is 3.28. The molecule has 0 radical (unpaired) electrons. The van der Waals surface area contributed by atoms with E-state index in [1.807, 2.05) is 6.92 Å². The van der Waals surface area contributed by atoms with Crippen molar-refractivity contribution in [3.63, 3.8) is 0 Å². The van der Waals surface area contributed by atoms with Gasteiger partial charge in [-0.2, -0.15) is 0 Å². The minimum atomic E-state index is -0.843. The second-order valence-electron chi connectivity index (χ2n) is 3.96. The van der Waals surface area contributed by atoms with Crippen LogP contribution in [0.25, 0.3) is 0 Å². The van der Waals surface area contributed by atoms with Crippen molar-refractivity contribution in [3.05, 3.63) is 16.1 Å². The van der Waals surface area contributed by atoms with Crippen molar-refractivity contribution in [2.45, 2.75) is 13.5 Å². The molecule has 7 heteroatoms. The Morgan fingerprint density at radius 3 is 2.88 bits per heavy atom. The number of aliphatic carboxylic acids is 1. The summed E-state index contributed by atoms with van der Waals surface area (Å²) in [6.07, 6.45) is 1.76. The maximum absolute atomic E-state index is 11.6. The van der Waals surface area contributed by atoms with Gasteiger partial charge in [0.2, 0.25) is 0 Å². The quantitative estimate of drug-likeness (QED) is 0.832. The minimum Gasteiger partial charge on any atom is -0.481 e. The van der Waals surface area contributed by atoms with E-state index < -0.39 is 11.9 Å². The van der Waals surface area contributed by atoms with E-state index in [1.54, 1.807) is 6.20 Å². The molecule has 6 nitrogen and oxygen atoms in total. The number of aromatic nitrogens is 1. The van der Waals surface area contributed by atoms with E-state index in [0.29, 0.717) is 6.54 Å². The van der Waals surface area contributed by atoms with Crippen molar-refractivity contribution in [2.24, 2.45) is 5.92 Å². The number of thiazole rings is 1. The lowest BCUT2D eigenvalue weighted by atomic mass is 10.0. The van der Waals surface area contributed by atoms with Gasteiger partial charge in [0, 0.05) is 24.2 Å². The van der Waals surface area contributed by atoms with Crippen LogP contribution < -0.4 is 5.32 Å². The smallest absolute Gasteiger partial charge is 0.317 e. The van der Waals surface area contributed by atoms with Crippen molar-refractivity contribution in [2.75, 3.05) is 13.1 Å². The molecule has 0 bridgehead atoms. The van der Waals surface area contributed by atoms with Gasteiger partial charge >= 0.3 is 12.0 Å². The molecule has 0 saturated carbocycles. The first kappa shape index (κ1) is 11.8. The third kappa shape index (κ3) is 2.73. The van der Waals surface area contributed by atoms with Gasteiger partial charge in [-0.3, -0.25) is 4.79 Å². The van der Waals surface area contributed by atoms with Crippen molar-refractivity contribution in [1.82, 2.24) is 15.2 Å². The van der Waals surface area contributed by atoms with Crippen LogP contribution in [0.2, 0.25) is 0 Å². The highest BCUT2D eigenvalue weighted by Crippen LogP contribution is 2.16. The van der Waals surface area contributed by atoms with Gasteiger partial charge in [-0.15, -0.1) is 11.3 Å². The van der Waals surface area contributed by atoms with Crippen LogP contribution in [-0.4, -0.2) is 40.1 Å². The van der Waals surface area contributed by atoms with Gasteiger partial charge in [0.05, 0.1) is 12.5 Å². The predicted molar refractivity (Wildman–Crippen MR) is 61.8 cm³/mol. The monoisotopic (exact) mass is 255 g/mol. The number of carbonyl (C=O) groups is 2. The largest absolute Gasteiger partial charge is 0.481 e. The second kappa shape index (κ2) is 4.70. The molecule has 0 aliphatic carbocycles. The zero-order valence-corrected chi connectivity index (χ0v) is 10.2. The summed E-state index contributed by atoms with van der Waals surface area (Å²) in [5, 5.41) is 12.2. The Balaban J connectivity index is 1.74. The number of carboxylic acids is 1. The fraction of sp³-hybridized carbons (Fsp3) is 0.500. The average molecular weight is 255 g/mol. The molecule has 1 aromatic heterocycles. The molecule has 17 heavy (non-hydrogen) atoms. The van der Waals surface area contributed by atoms with Crippen LogP contribution in [0.15, 0.2) is 6.20 Å². The lowest BCUT2D eigenvalue weighted by Crippen LogP contribution is -2.56. The molecule has 1 fully saturated rings. The van der Waals surface area contributed by atoms with Crippen LogP contribution in [0.4, 0.5) is 4.79 Å². The molecule has 1 saturated heterocycles. The second-order valence-corrected chi connectivity index (χ2v) is 5.28. The van der Waals surface area contributed by atoms with E-state index in [9.17, 15) is 9.59 Å². The first-order valence-corrected chi connectivity index (χ1v) is 6.05. The summed E-state index contributed by atoms with van der Waals surface area (Å²) >= 11 is 1.53. The van der Waals surface area contributed by atoms with Gasteiger partial charge in [-0.1, -0.05) is 0 Å². The standard InChI is InChI=1S/C10H13N3O3S/c1-6-2-11-8(17-6)3-12-10(16)13-4-7(5-13)9(14)15/h2,7H,3-5H2,1H3,(H,12,16)(H,14,15). The molecule has 1 aliphatic heterocycles. The first-order chi connectivity index (χ1) is 8.06. The predicted octanol–water partition coefficient (Wildman–Crippen LogP) is 0.678. The third-order valence-corrected chi connectivity index (χ3v) is 3.49. The van der Waals surface area contributed by atoms with E-state index in [1.165, 1.54) is 16.2 Å². The SMILES string of the molecule is Cc1cnc(CNC(=O)N2CC(C(=O)O)C2)s1. The Bertz CT molecular complexity index is 440. The number of hydrogen-bond donors (Lipinski definition) is 2. The molecule has 1 aliphatic rings. The van der Waals surface area contributed by atoms with E-state index in [2.05, 4.69) is 10.3 Å². The van der Waals surface area contributed by atoms with Gasteiger partial charge in [-0.05, 0) is 6.92 Å². The number of likely N-dealkylation sites (tertiary alicyclic amines) is 1. The maximum Gasteiger partial charge on any atom is 0.317 e. The minimum absolute atomic E-state index is 0.227. The number of nitrogens with one attached hydrogen (secondary N) is 1. The zero-order valence-electron chi connectivity index (χ0n) is 9.34. The fourth-order valence-electron chi connectivity index (χ4n) is 1.55. The lowest BCUT2D eigenvalue weighted by molar-refractivity contribution is -0.146. The van der Waals surface area contributed by atoms with Crippen LogP contribution >= 0.6 is 11.3 Å². The molecule has 2 heterocycles. The summed E-state index contributed by atoms with van der Waals surface area (Å²) in [6, 6.07) is -0.227. The van der Waals surface area contributed by atoms with Crippen molar-refractivity contribution >= 4 is 23.3 Å². The Hall–Kier alpha value is -1.63. The third-order valence-electron chi connectivity index (χ3n) is 2.58. The fourth-order valence-corrected chi connectivity index (χ4v) is 2.27. The van der Waals surface area contributed by atoms with Crippen molar-refractivity contribution < 1.29 is 14.7 Å². The molecular formula is C10H13N3O3S. The molecule has 0 unspecified atom stereocenters. The van der Waals surface area contributed by atoms with Crippen molar-refractivity contribution in [1.29, 1.82) is 0 Å². The highest BCUT2D eigenvalue weighted by atomic mass is 32.1. The van der Waals surface area contributed by atoms with Gasteiger partial charge in [0.1, 0.15) is 5.01 Å². The number of urea groups is 1. The highest BCUT2D eigenvalue weighted by molar-refractivity contribution is 7.11. The zero-order chi connectivity index (χ0) is 12.4. The van der Waals surface area contributed by atoms with Gasteiger partial charge in [-0.25, -0.2) is 9.78 Å². The topological polar surface area (TPSA) is 82.5 Å². The summed E-state index contributed by atoms with van der Waals surface area (Å²) < 4.78 is 0.